The van der Waals surface area contributed by atoms with Gasteiger partial charge >= 0.3 is 0 Å². The molecule has 0 fully saturated rings. The third kappa shape index (κ3) is 5.76. The van der Waals surface area contributed by atoms with Gasteiger partial charge in [-0.05, 0) is 55.0 Å². The van der Waals surface area contributed by atoms with E-state index in [9.17, 15) is 14.0 Å². The number of carbonyl (C=O) groups excluding carboxylic acids is 2. The van der Waals surface area contributed by atoms with E-state index in [1.54, 1.807) is 31.4 Å². The Balaban J connectivity index is 1.49. The Morgan fingerprint density at radius 2 is 1.93 bits per heavy atom. The van der Waals surface area contributed by atoms with E-state index in [4.69, 9.17) is 4.42 Å². The number of aromatic nitrogens is 1. The molecule has 0 saturated carbocycles. The van der Waals surface area contributed by atoms with Gasteiger partial charge in [0.25, 0.3) is 0 Å². The van der Waals surface area contributed by atoms with E-state index in [0.29, 0.717) is 29.3 Å². The van der Waals surface area contributed by atoms with E-state index in [0.717, 1.165) is 10.0 Å². The van der Waals surface area contributed by atoms with Crippen LogP contribution in [0.5, 0.6) is 0 Å². The van der Waals surface area contributed by atoms with Crippen LogP contribution >= 0.6 is 15.9 Å². The van der Waals surface area contributed by atoms with Gasteiger partial charge in [0.15, 0.2) is 11.7 Å². The van der Waals surface area contributed by atoms with Gasteiger partial charge in [0.05, 0.1) is 12.7 Å². The molecule has 6 nitrogen and oxygen atoms in total. The molecule has 0 aliphatic rings. The summed E-state index contributed by atoms with van der Waals surface area (Å²) >= 11 is 3.38. The van der Waals surface area contributed by atoms with Gasteiger partial charge in [0.1, 0.15) is 5.82 Å². The summed E-state index contributed by atoms with van der Waals surface area (Å²) in [5, 5.41) is 2.81. The second-order valence-electron chi connectivity index (χ2n) is 6.88. The monoisotopic (exact) mass is 473 g/mol. The first-order chi connectivity index (χ1) is 14.3. The Hall–Kier alpha value is -3.00. The highest BCUT2D eigenvalue weighted by Gasteiger charge is 2.15. The highest BCUT2D eigenvalue weighted by Crippen LogP contribution is 2.22. The number of likely N-dealkylation sites (N-methyl/N-ethyl adjacent to an activating group) is 1. The molecule has 30 heavy (non-hydrogen) atoms. The number of hydrogen-bond acceptors (Lipinski definition) is 4. The van der Waals surface area contributed by atoms with Gasteiger partial charge in [-0.15, -0.1) is 0 Å². The molecule has 156 valence electrons. The van der Waals surface area contributed by atoms with Crippen LogP contribution in [0.3, 0.4) is 0 Å². The SMILES string of the molecule is Cc1cc(Br)ccc1NC(=O)CN(C)C(=O)CCc1ncc(-c2ccc(F)cc2)o1. The average molecular weight is 474 g/mol. The molecule has 1 N–H and O–H groups in total. The summed E-state index contributed by atoms with van der Waals surface area (Å²) in [6, 6.07) is 11.4. The van der Waals surface area contributed by atoms with Crippen LogP contribution in [0.25, 0.3) is 11.3 Å². The van der Waals surface area contributed by atoms with Gasteiger partial charge in [-0.25, -0.2) is 9.37 Å². The largest absolute Gasteiger partial charge is 0.441 e. The molecule has 0 unspecified atom stereocenters. The van der Waals surface area contributed by atoms with Gasteiger partial charge in [-0.2, -0.15) is 0 Å². The topological polar surface area (TPSA) is 75.4 Å². The van der Waals surface area contributed by atoms with E-state index < -0.39 is 0 Å². The van der Waals surface area contributed by atoms with E-state index in [2.05, 4.69) is 26.2 Å². The highest BCUT2D eigenvalue weighted by atomic mass is 79.9. The first-order valence-electron chi connectivity index (χ1n) is 9.32. The Morgan fingerprint density at radius 1 is 1.20 bits per heavy atom. The average Bonchev–Trinajstić information content (AvgIpc) is 3.17. The van der Waals surface area contributed by atoms with Crippen LogP contribution in [0, 0.1) is 12.7 Å². The summed E-state index contributed by atoms with van der Waals surface area (Å²) in [6.07, 6.45) is 2.01. The molecule has 0 spiro atoms. The van der Waals surface area contributed by atoms with Gasteiger partial charge < -0.3 is 14.6 Å². The Morgan fingerprint density at radius 3 is 2.63 bits per heavy atom. The van der Waals surface area contributed by atoms with Crippen molar-refractivity contribution >= 4 is 33.4 Å². The maximum absolute atomic E-state index is 13.0. The summed E-state index contributed by atoms with van der Waals surface area (Å²) in [5.41, 5.74) is 2.34. The van der Waals surface area contributed by atoms with Crippen molar-refractivity contribution in [2.75, 3.05) is 18.9 Å². The molecule has 8 heteroatoms. The quantitative estimate of drug-likeness (QED) is 0.544. The van der Waals surface area contributed by atoms with Gasteiger partial charge in [0.2, 0.25) is 11.8 Å². The fraction of sp³-hybridized carbons (Fsp3) is 0.227. The maximum Gasteiger partial charge on any atom is 0.243 e. The number of halogens is 2. The van der Waals surface area contributed by atoms with Crippen LogP contribution in [-0.2, 0) is 16.0 Å². The predicted molar refractivity (Wildman–Crippen MR) is 115 cm³/mol. The molecule has 1 heterocycles. The molecule has 0 saturated heterocycles. The van der Waals surface area contributed by atoms with E-state index in [1.807, 2.05) is 19.1 Å². The third-order valence-electron chi connectivity index (χ3n) is 4.50. The van der Waals surface area contributed by atoms with Crippen LogP contribution in [-0.4, -0.2) is 35.3 Å². The normalized spacial score (nSPS) is 10.7. The summed E-state index contributed by atoms with van der Waals surface area (Å²) in [7, 11) is 1.58. The molecule has 0 radical (unpaired) electrons. The molecule has 0 bridgehead atoms. The van der Waals surface area contributed by atoms with Crippen molar-refractivity contribution in [1.29, 1.82) is 0 Å². The van der Waals surface area contributed by atoms with Crippen molar-refractivity contribution in [2.24, 2.45) is 0 Å². The summed E-state index contributed by atoms with van der Waals surface area (Å²) < 4.78 is 19.6. The second kappa shape index (κ2) is 9.67. The molecular weight excluding hydrogens is 453 g/mol. The molecule has 0 atom stereocenters. The fourth-order valence-electron chi connectivity index (χ4n) is 2.84. The second-order valence-corrected chi connectivity index (χ2v) is 7.80. The summed E-state index contributed by atoms with van der Waals surface area (Å²) in [4.78, 5) is 30.1. The molecule has 3 rings (SSSR count). The minimum atomic E-state index is -0.327. The predicted octanol–water partition coefficient (Wildman–Crippen LogP) is 4.58. The Kier molecular flexibility index (Phi) is 6.99. The molecule has 2 aromatic carbocycles. The minimum Gasteiger partial charge on any atom is -0.441 e. The number of oxazole rings is 1. The van der Waals surface area contributed by atoms with Crippen LogP contribution < -0.4 is 5.32 Å². The van der Waals surface area contributed by atoms with Gasteiger partial charge in [-0.3, -0.25) is 9.59 Å². The molecule has 2 amide bonds. The van der Waals surface area contributed by atoms with E-state index in [-0.39, 0.29) is 30.6 Å². The van der Waals surface area contributed by atoms with Crippen molar-refractivity contribution in [3.63, 3.8) is 0 Å². The maximum atomic E-state index is 13.0. The molecule has 3 aromatic rings. The fourth-order valence-corrected chi connectivity index (χ4v) is 3.31. The standard InChI is InChI=1S/C22H21BrFN3O3/c1-14-11-16(23)5-8-18(14)26-20(28)13-27(2)22(29)10-9-21-25-12-19(30-21)15-3-6-17(24)7-4-15/h3-8,11-12H,9-10,13H2,1-2H3,(H,26,28). The van der Waals surface area contributed by atoms with Crippen molar-refractivity contribution in [3.05, 3.63) is 70.4 Å². The lowest BCUT2D eigenvalue weighted by atomic mass is 10.2. The van der Waals surface area contributed by atoms with Crippen molar-refractivity contribution in [2.45, 2.75) is 19.8 Å². The number of nitrogens with zero attached hydrogens (tertiary/aromatic N) is 2. The lowest BCUT2D eigenvalue weighted by molar-refractivity contribution is -0.133. The van der Waals surface area contributed by atoms with Gasteiger partial charge in [0, 0.05) is 35.6 Å². The van der Waals surface area contributed by atoms with Crippen LogP contribution in [0.4, 0.5) is 10.1 Å². The van der Waals surface area contributed by atoms with Crippen LogP contribution in [0.1, 0.15) is 17.9 Å². The number of anilines is 1. The molecular formula is C22H21BrFN3O3. The summed E-state index contributed by atoms with van der Waals surface area (Å²) in [5.74, 6) is 0.123. The smallest absolute Gasteiger partial charge is 0.243 e. The van der Waals surface area contributed by atoms with Crippen molar-refractivity contribution in [1.82, 2.24) is 9.88 Å². The molecule has 1 aromatic heterocycles. The lowest BCUT2D eigenvalue weighted by Crippen LogP contribution is -2.35. The minimum absolute atomic E-state index is 0.0548. The molecule has 0 aliphatic carbocycles. The van der Waals surface area contributed by atoms with Crippen molar-refractivity contribution in [3.8, 4) is 11.3 Å². The zero-order valence-corrected chi connectivity index (χ0v) is 18.2. The van der Waals surface area contributed by atoms with Gasteiger partial charge in [-0.1, -0.05) is 15.9 Å². The third-order valence-corrected chi connectivity index (χ3v) is 5.00. The number of nitrogens with one attached hydrogen (secondary N) is 1. The molecule has 0 aliphatic heterocycles. The van der Waals surface area contributed by atoms with Crippen LogP contribution in [0.15, 0.2) is 57.6 Å². The van der Waals surface area contributed by atoms with E-state index in [1.165, 1.54) is 17.0 Å². The first kappa shape index (κ1) is 21.7. The first-order valence-corrected chi connectivity index (χ1v) is 10.1. The van der Waals surface area contributed by atoms with Crippen LogP contribution in [0.2, 0.25) is 0 Å². The number of hydrogen-bond donors (Lipinski definition) is 1. The number of amides is 2. The zero-order chi connectivity index (χ0) is 21.7. The number of aryl methyl sites for hydroxylation is 2. The Bertz CT molecular complexity index is 1050. The lowest BCUT2D eigenvalue weighted by Gasteiger charge is -2.17. The summed E-state index contributed by atoms with van der Waals surface area (Å²) in [6.45, 7) is 1.84. The zero-order valence-electron chi connectivity index (χ0n) is 16.6. The number of carbonyl (C=O) groups is 2. The highest BCUT2D eigenvalue weighted by molar-refractivity contribution is 9.10. The number of rotatable bonds is 7. The van der Waals surface area contributed by atoms with Crippen molar-refractivity contribution < 1.29 is 18.4 Å². The number of benzene rings is 2. The Labute approximate surface area is 182 Å². The van der Waals surface area contributed by atoms with E-state index >= 15 is 0 Å².